The molecule has 16 heavy (non-hydrogen) atoms. The summed E-state index contributed by atoms with van der Waals surface area (Å²) in [5, 5.41) is 2.80. The normalized spacial score (nSPS) is 11.8. The van der Waals surface area contributed by atoms with E-state index >= 15 is 0 Å². The summed E-state index contributed by atoms with van der Waals surface area (Å²) in [6, 6.07) is 3.87. The summed E-state index contributed by atoms with van der Waals surface area (Å²) in [4.78, 5) is 0. The fourth-order valence-corrected chi connectivity index (χ4v) is 1.42. The Morgan fingerprint density at radius 2 is 1.88 bits per heavy atom. The molecule has 0 radical (unpaired) electrons. The van der Waals surface area contributed by atoms with Crippen molar-refractivity contribution < 1.29 is 17.6 Å². The summed E-state index contributed by atoms with van der Waals surface area (Å²) in [5.74, 6) is -0.500. The summed E-state index contributed by atoms with van der Waals surface area (Å²) in [6.45, 7) is -0.0365. The zero-order chi connectivity index (χ0) is 12.2. The first-order valence-corrected chi connectivity index (χ1v) is 4.97. The van der Waals surface area contributed by atoms with Crippen molar-refractivity contribution in [3.63, 3.8) is 0 Å². The van der Waals surface area contributed by atoms with Crippen molar-refractivity contribution in [3.8, 4) is 0 Å². The molecule has 6 heteroatoms. The van der Waals surface area contributed by atoms with E-state index in [1.807, 2.05) is 0 Å². The van der Waals surface area contributed by atoms with Crippen LogP contribution in [0.5, 0.6) is 0 Å². The molecule has 0 unspecified atom stereocenters. The molecule has 1 aromatic rings. The molecule has 0 aromatic heterocycles. The SMILES string of the molecule is Fc1cc(Cl)cc(CNCCC(F)(F)F)c1. The van der Waals surface area contributed by atoms with Gasteiger partial charge in [0.05, 0.1) is 6.42 Å². The lowest BCUT2D eigenvalue weighted by atomic mass is 10.2. The van der Waals surface area contributed by atoms with E-state index in [2.05, 4.69) is 5.32 Å². The van der Waals surface area contributed by atoms with Gasteiger partial charge in [0.2, 0.25) is 0 Å². The van der Waals surface area contributed by atoms with Crippen LogP contribution < -0.4 is 5.32 Å². The highest BCUT2D eigenvalue weighted by atomic mass is 35.5. The first-order chi connectivity index (χ1) is 7.37. The number of halogens is 5. The van der Waals surface area contributed by atoms with E-state index in [4.69, 9.17) is 11.6 Å². The third-order valence-electron chi connectivity index (χ3n) is 1.84. The van der Waals surface area contributed by atoms with Crippen molar-refractivity contribution >= 4 is 11.6 Å². The molecule has 0 atom stereocenters. The van der Waals surface area contributed by atoms with Crippen LogP contribution in [0.3, 0.4) is 0 Å². The van der Waals surface area contributed by atoms with Crippen LogP contribution >= 0.6 is 11.6 Å². The minimum Gasteiger partial charge on any atom is -0.312 e. The largest absolute Gasteiger partial charge is 0.390 e. The van der Waals surface area contributed by atoms with Crippen LogP contribution in [0.25, 0.3) is 0 Å². The van der Waals surface area contributed by atoms with E-state index < -0.39 is 18.4 Å². The lowest BCUT2D eigenvalue weighted by Crippen LogP contribution is -2.21. The van der Waals surface area contributed by atoms with E-state index in [1.165, 1.54) is 12.1 Å². The Balaban J connectivity index is 2.37. The van der Waals surface area contributed by atoms with Crippen molar-refractivity contribution in [2.75, 3.05) is 6.54 Å². The minimum atomic E-state index is -4.17. The maximum atomic E-state index is 12.8. The molecule has 0 bridgehead atoms. The third-order valence-corrected chi connectivity index (χ3v) is 2.05. The minimum absolute atomic E-state index is 0.160. The second-order valence-electron chi connectivity index (χ2n) is 3.32. The maximum absolute atomic E-state index is 12.8. The molecule has 1 N–H and O–H groups in total. The Bertz CT molecular complexity index is 331. The Morgan fingerprint density at radius 1 is 1.19 bits per heavy atom. The van der Waals surface area contributed by atoms with Crippen molar-refractivity contribution in [1.29, 1.82) is 0 Å². The molecule has 90 valence electrons. The first-order valence-electron chi connectivity index (χ1n) is 4.59. The van der Waals surface area contributed by atoms with Crippen LogP contribution in [0.15, 0.2) is 18.2 Å². The van der Waals surface area contributed by atoms with Gasteiger partial charge in [0.25, 0.3) is 0 Å². The smallest absolute Gasteiger partial charge is 0.312 e. The number of hydrogen-bond donors (Lipinski definition) is 1. The number of nitrogens with one attached hydrogen (secondary N) is 1. The lowest BCUT2D eigenvalue weighted by molar-refractivity contribution is -0.133. The molecule has 0 spiro atoms. The highest BCUT2D eigenvalue weighted by Gasteiger charge is 2.25. The molecule has 1 aromatic carbocycles. The predicted molar refractivity (Wildman–Crippen MR) is 53.8 cm³/mol. The van der Waals surface area contributed by atoms with Gasteiger partial charge >= 0.3 is 6.18 Å². The topological polar surface area (TPSA) is 12.0 Å². The van der Waals surface area contributed by atoms with Gasteiger partial charge in [-0.2, -0.15) is 13.2 Å². The molecular formula is C10H10ClF4N. The summed E-state index contributed by atoms with van der Waals surface area (Å²) in [5.41, 5.74) is 0.521. The van der Waals surface area contributed by atoms with Gasteiger partial charge in [0.15, 0.2) is 0 Å². The zero-order valence-corrected chi connectivity index (χ0v) is 9.00. The highest BCUT2D eigenvalue weighted by Crippen LogP contribution is 2.18. The van der Waals surface area contributed by atoms with E-state index in [1.54, 1.807) is 0 Å². The molecule has 0 aliphatic rings. The molecule has 0 aliphatic heterocycles. The Labute approximate surface area is 95.4 Å². The number of hydrogen-bond acceptors (Lipinski definition) is 1. The van der Waals surface area contributed by atoms with Gasteiger partial charge in [0.1, 0.15) is 5.82 Å². The summed E-state index contributed by atoms with van der Waals surface area (Å²) < 4.78 is 48.2. The second kappa shape index (κ2) is 5.50. The fraction of sp³-hybridized carbons (Fsp3) is 0.400. The van der Waals surface area contributed by atoms with Crippen LogP contribution in [-0.4, -0.2) is 12.7 Å². The van der Waals surface area contributed by atoms with E-state index in [0.29, 0.717) is 5.56 Å². The molecule has 1 nitrogen and oxygen atoms in total. The Hall–Kier alpha value is -0.810. The first kappa shape index (κ1) is 13.3. The molecule has 0 saturated heterocycles. The average Bonchev–Trinajstić information content (AvgIpc) is 2.09. The standard InChI is InChI=1S/C10H10ClF4N/c11-8-3-7(4-9(12)5-8)6-16-2-1-10(13,14)15/h3-5,16H,1-2,6H2. The average molecular weight is 256 g/mol. The second-order valence-corrected chi connectivity index (χ2v) is 3.76. The van der Waals surface area contributed by atoms with E-state index in [9.17, 15) is 17.6 Å². The van der Waals surface area contributed by atoms with Gasteiger partial charge < -0.3 is 5.32 Å². The van der Waals surface area contributed by atoms with Crippen molar-refractivity contribution in [2.45, 2.75) is 19.1 Å². The zero-order valence-electron chi connectivity index (χ0n) is 8.24. The summed E-state index contributed by atoms with van der Waals surface area (Å²) in [7, 11) is 0. The van der Waals surface area contributed by atoms with Crippen LogP contribution in [0.4, 0.5) is 17.6 Å². The number of benzene rings is 1. The molecule has 0 fully saturated rings. The van der Waals surface area contributed by atoms with Crippen LogP contribution in [0, 0.1) is 5.82 Å². The van der Waals surface area contributed by atoms with Crippen LogP contribution in [0.1, 0.15) is 12.0 Å². The number of alkyl halides is 3. The highest BCUT2D eigenvalue weighted by molar-refractivity contribution is 6.30. The Morgan fingerprint density at radius 3 is 2.44 bits per heavy atom. The quantitative estimate of drug-likeness (QED) is 0.641. The lowest BCUT2D eigenvalue weighted by Gasteiger charge is -2.08. The van der Waals surface area contributed by atoms with Gasteiger partial charge in [-0.15, -0.1) is 0 Å². The molecule has 0 heterocycles. The van der Waals surface area contributed by atoms with Crippen molar-refractivity contribution in [1.82, 2.24) is 5.32 Å². The van der Waals surface area contributed by atoms with Crippen molar-refractivity contribution in [3.05, 3.63) is 34.6 Å². The van der Waals surface area contributed by atoms with Crippen LogP contribution in [-0.2, 0) is 6.54 Å². The van der Waals surface area contributed by atoms with Crippen molar-refractivity contribution in [2.24, 2.45) is 0 Å². The monoisotopic (exact) mass is 255 g/mol. The molecular weight excluding hydrogens is 246 g/mol. The Kier molecular flexibility index (Phi) is 4.56. The summed E-state index contributed by atoms with van der Waals surface area (Å²) >= 11 is 5.59. The fourth-order valence-electron chi connectivity index (χ4n) is 1.18. The number of rotatable bonds is 4. The molecule has 0 saturated carbocycles. The molecule has 1 rings (SSSR count). The van der Waals surface area contributed by atoms with Gasteiger partial charge in [-0.1, -0.05) is 11.6 Å². The predicted octanol–water partition coefficient (Wildman–Crippen LogP) is 3.52. The van der Waals surface area contributed by atoms with E-state index in [-0.39, 0.29) is 18.1 Å². The van der Waals surface area contributed by atoms with Gasteiger partial charge in [-0.05, 0) is 23.8 Å². The van der Waals surface area contributed by atoms with Gasteiger partial charge in [0, 0.05) is 18.1 Å². The van der Waals surface area contributed by atoms with E-state index in [0.717, 1.165) is 6.07 Å². The summed E-state index contributed by atoms with van der Waals surface area (Å²) in [6.07, 6.45) is -5.08. The van der Waals surface area contributed by atoms with Crippen LogP contribution in [0.2, 0.25) is 5.02 Å². The maximum Gasteiger partial charge on any atom is 0.390 e. The molecule has 0 aliphatic carbocycles. The molecule has 0 amide bonds. The van der Waals surface area contributed by atoms with Gasteiger partial charge in [-0.25, -0.2) is 4.39 Å². The van der Waals surface area contributed by atoms with Gasteiger partial charge in [-0.3, -0.25) is 0 Å². The third kappa shape index (κ3) is 5.32.